The van der Waals surface area contributed by atoms with Crippen LogP contribution in [0.4, 0.5) is 4.39 Å². The van der Waals surface area contributed by atoms with Gasteiger partial charge < -0.3 is 10.4 Å². The second kappa shape index (κ2) is 7.75. The van der Waals surface area contributed by atoms with Gasteiger partial charge in [-0.25, -0.2) is 4.39 Å². The molecule has 2 rings (SSSR count). The van der Waals surface area contributed by atoms with Gasteiger partial charge in [-0.2, -0.15) is 0 Å². The topological polar surface area (TPSA) is 32.3 Å². The number of hydrogen-bond donors (Lipinski definition) is 2. The second-order valence-corrected chi connectivity index (χ2v) is 5.87. The molecular weight excluding hydrogens is 253 g/mol. The van der Waals surface area contributed by atoms with Crippen molar-refractivity contribution in [2.45, 2.75) is 70.1 Å². The number of halogens is 1. The molecule has 1 fully saturated rings. The van der Waals surface area contributed by atoms with Gasteiger partial charge in [0.15, 0.2) is 0 Å². The van der Waals surface area contributed by atoms with Crippen LogP contribution in [0.5, 0.6) is 0 Å². The average molecular weight is 279 g/mol. The van der Waals surface area contributed by atoms with Crippen LogP contribution in [0.1, 0.15) is 63.5 Å². The zero-order valence-corrected chi connectivity index (χ0v) is 12.3. The fourth-order valence-electron chi connectivity index (χ4n) is 3.01. The number of aliphatic hydroxyl groups is 1. The molecule has 3 heteroatoms. The molecule has 20 heavy (non-hydrogen) atoms. The Labute approximate surface area is 121 Å². The number of aliphatic hydroxyl groups excluding tert-OH is 1. The van der Waals surface area contributed by atoms with Crippen LogP contribution in [0.15, 0.2) is 24.3 Å². The smallest absolute Gasteiger partial charge is 0.123 e. The van der Waals surface area contributed by atoms with Crippen LogP contribution in [-0.4, -0.2) is 17.3 Å². The Morgan fingerprint density at radius 1 is 1.25 bits per heavy atom. The third-order valence-electron chi connectivity index (χ3n) is 4.26. The Kier molecular flexibility index (Phi) is 5.99. The molecule has 112 valence electrons. The zero-order chi connectivity index (χ0) is 14.4. The van der Waals surface area contributed by atoms with Crippen molar-refractivity contribution in [1.82, 2.24) is 5.32 Å². The van der Waals surface area contributed by atoms with Crippen LogP contribution in [0.25, 0.3) is 0 Å². The summed E-state index contributed by atoms with van der Waals surface area (Å²) in [5.74, 6) is -0.194. The van der Waals surface area contributed by atoms with Crippen molar-refractivity contribution in [2.75, 3.05) is 0 Å². The quantitative estimate of drug-likeness (QED) is 0.826. The molecule has 1 aromatic carbocycles. The first-order valence-electron chi connectivity index (χ1n) is 7.90. The highest BCUT2D eigenvalue weighted by Gasteiger charge is 2.25. The third-order valence-corrected chi connectivity index (χ3v) is 4.26. The Morgan fingerprint density at radius 3 is 2.60 bits per heavy atom. The summed E-state index contributed by atoms with van der Waals surface area (Å²) < 4.78 is 13.1. The highest BCUT2D eigenvalue weighted by Crippen LogP contribution is 2.25. The highest BCUT2D eigenvalue weighted by atomic mass is 19.1. The molecule has 3 unspecified atom stereocenters. The van der Waals surface area contributed by atoms with E-state index in [-0.39, 0.29) is 24.0 Å². The maximum Gasteiger partial charge on any atom is 0.123 e. The van der Waals surface area contributed by atoms with Crippen molar-refractivity contribution < 1.29 is 9.50 Å². The molecule has 1 saturated carbocycles. The molecule has 0 heterocycles. The number of rotatable bonds is 6. The maximum atomic E-state index is 13.1. The van der Waals surface area contributed by atoms with Crippen molar-refractivity contribution >= 4 is 0 Å². The summed E-state index contributed by atoms with van der Waals surface area (Å²) in [5, 5.41) is 13.7. The molecule has 0 radical (unpaired) electrons. The van der Waals surface area contributed by atoms with E-state index in [1.165, 1.54) is 18.6 Å². The normalized spacial score (nSPS) is 24.6. The van der Waals surface area contributed by atoms with Crippen LogP contribution in [0.2, 0.25) is 0 Å². The molecule has 1 aromatic rings. The van der Waals surface area contributed by atoms with Gasteiger partial charge in [0.1, 0.15) is 5.82 Å². The molecule has 2 nitrogen and oxygen atoms in total. The second-order valence-electron chi connectivity index (χ2n) is 5.87. The van der Waals surface area contributed by atoms with Gasteiger partial charge in [0.25, 0.3) is 0 Å². The number of unbranched alkanes of at least 4 members (excludes halogenated alkanes) is 1. The Bertz CT molecular complexity index is 392. The van der Waals surface area contributed by atoms with Crippen LogP contribution in [-0.2, 0) is 0 Å². The summed E-state index contributed by atoms with van der Waals surface area (Å²) in [6.07, 6.45) is 7.30. The van der Waals surface area contributed by atoms with E-state index in [4.69, 9.17) is 0 Å². The first kappa shape index (κ1) is 15.5. The first-order chi connectivity index (χ1) is 9.70. The van der Waals surface area contributed by atoms with Crippen molar-refractivity contribution in [3.63, 3.8) is 0 Å². The molecule has 1 aliphatic rings. The van der Waals surface area contributed by atoms with Gasteiger partial charge in [-0.3, -0.25) is 0 Å². The number of hydrogen-bond acceptors (Lipinski definition) is 2. The largest absolute Gasteiger partial charge is 0.392 e. The maximum absolute atomic E-state index is 13.1. The van der Waals surface area contributed by atoms with Crippen molar-refractivity contribution in [2.24, 2.45) is 0 Å². The highest BCUT2D eigenvalue weighted by molar-refractivity contribution is 5.20. The summed E-state index contributed by atoms with van der Waals surface area (Å²) in [4.78, 5) is 0. The summed E-state index contributed by atoms with van der Waals surface area (Å²) in [7, 11) is 0. The summed E-state index contributed by atoms with van der Waals surface area (Å²) >= 11 is 0. The van der Waals surface area contributed by atoms with Crippen molar-refractivity contribution in [3.8, 4) is 0 Å². The molecule has 0 amide bonds. The van der Waals surface area contributed by atoms with Crippen molar-refractivity contribution in [1.29, 1.82) is 0 Å². The number of benzene rings is 1. The fraction of sp³-hybridized carbons (Fsp3) is 0.647. The Morgan fingerprint density at radius 2 is 1.95 bits per heavy atom. The van der Waals surface area contributed by atoms with E-state index < -0.39 is 0 Å². The van der Waals surface area contributed by atoms with E-state index in [0.29, 0.717) is 0 Å². The molecule has 0 spiro atoms. The van der Waals surface area contributed by atoms with Gasteiger partial charge >= 0.3 is 0 Å². The van der Waals surface area contributed by atoms with Gasteiger partial charge in [-0.1, -0.05) is 44.7 Å². The summed E-state index contributed by atoms with van der Waals surface area (Å²) in [6, 6.07) is 7.15. The lowest BCUT2D eigenvalue weighted by Crippen LogP contribution is -2.43. The standard InChI is InChI=1S/C17H26FNO/c1-2-3-6-15(13-9-11-14(18)12-10-13)19-16-7-4-5-8-17(16)20/h9-12,15-17,19-20H,2-8H2,1H3. The lowest BCUT2D eigenvalue weighted by molar-refractivity contribution is 0.0839. The van der Waals surface area contributed by atoms with Gasteiger partial charge in [0, 0.05) is 12.1 Å². The van der Waals surface area contributed by atoms with Crippen LogP contribution < -0.4 is 5.32 Å². The van der Waals surface area contributed by atoms with Crippen molar-refractivity contribution in [3.05, 3.63) is 35.6 Å². The van der Waals surface area contributed by atoms with E-state index in [9.17, 15) is 9.50 Å². The van der Waals surface area contributed by atoms with Gasteiger partial charge in [-0.15, -0.1) is 0 Å². The third kappa shape index (κ3) is 4.29. The SMILES string of the molecule is CCCCC(NC1CCCCC1O)c1ccc(F)cc1. The van der Waals surface area contributed by atoms with Crippen LogP contribution >= 0.6 is 0 Å². The van der Waals surface area contributed by atoms with E-state index in [2.05, 4.69) is 12.2 Å². The van der Waals surface area contributed by atoms with E-state index in [1.807, 2.05) is 12.1 Å². The molecular formula is C17H26FNO. The lowest BCUT2D eigenvalue weighted by Gasteiger charge is -2.32. The zero-order valence-electron chi connectivity index (χ0n) is 12.3. The Hall–Kier alpha value is -0.930. The monoisotopic (exact) mass is 279 g/mol. The van der Waals surface area contributed by atoms with Crippen LogP contribution in [0, 0.1) is 5.82 Å². The van der Waals surface area contributed by atoms with E-state index in [0.717, 1.165) is 44.1 Å². The van der Waals surface area contributed by atoms with Gasteiger partial charge in [-0.05, 0) is 37.0 Å². The predicted molar refractivity (Wildman–Crippen MR) is 80.1 cm³/mol. The molecule has 0 aromatic heterocycles. The summed E-state index contributed by atoms with van der Waals surface area (Å²) in [6.45, 7) is 2.18. The number of nitrogens with one attached hydrogen (secondary N) is 1. The van der Waals surface area contributed by atoms with Crippen LogP contribution in [0.3, 0.4) is 0 Å². The minimum atomic E-state index is -0.242. The average Bonchev–Trinajstić information content (AvgIpc) is 2.46. The van der Waals surface area contributed by atoms with Gasteiger partial charge in [0.05, 0.1) is 6.10 Å². The molecule has 0 saturated heterocycles. The Balaban J connectivity index is 2.04. The fourth-order valence-corrected chi connectivity index (χ4v) is 3.01. The molecule has 0 bridgehead atoms. The minimum Gasteiger partial charge on any atom is -0.392 e. The molecule has 2 N–H and O–H groups in total. The van der Waals surface area contributed by atoms with Gasteiger partial charge in [0.2, 0.25) is 0 Å². The molecule has 3 atom stereocenters. The lowest BCUT2D eigenvalue weighted by atomic mass is 9.90. The summed E-state index contributed by atoms with van der Waals surface area (Å²) in [5.41, 5.74) is 1.12. The minimum absolute atomic E-state index is 0.177. The van der Waals surface area contributed by atoms with E-state index >= 15 is 0 Å². The van der Waals surface area contributed by atoms with E-state index in [1.54, 1.807) is 0 Å². The molecule has 1 aliphatic carbocycles. The predicted octanol–water partition coefficient (Wildman–Crippen LogP) is 3.95. The first-order valence-corrected chi connectivity index (χ1v) is 7.90. The molecule has 0 aliphatic heterocycles.